The first-order valence-electron chi connectivity index (χ1n) is 8.77. The van der Waals surface area contributed by atoms with E-state index in [1.807, 2.05) is 25.1 Å². The summed E-state index contributed by atoms with van der Waals surface area (Å²) in [5.41, 5.74) is 6.34. The Labute approximate surface area is 162 Å². The standard InChI is InChI=1S/C18H24N2O8/c1-3-20(18(24)28-10-27-17(23)13(19)8-16(21)22)11(2)6-12-4-5-14-15(7-12)26-9-25-14/h4-5,7,11,13H,3,6,8-10,19H2,1-2H3,(H,21,22). The number of likely N-dealkylation sites (N-methyl/N-ethyl adjacent to an activating group) is 1. The number of hydrogen-bond acceptors (Lipinski definition) is 8. The molecule has 2 atom stereocenters. The lowest BCUT2D eigenvalue weighted by Gasteiger charge is -2.27. The number of nitrogens with two attached hydrogens (primary N) is 1. The average Bonchev–Trinajstić information content (AvgIpc) is 3.09. The molecule has 0 spiro atoms. The van der Waals surface area contributed by atoms with E-state index in [2.05, 4.69) is 0 Å². The molecule has 0 bridgehead atoms. The summed E-state index contributed by atoms with van der Waals surface area (Å²) in [5.74, 6) is -0.825. The molecule has 154 valence electrons. The minimum Gasteiger partial charge on any atom is -0.481 e. The highest BCUT2D eigenvalue weighted by Crippen LogP contribution is 2.33. The van der Waals surface area contributed by atoms with E-state index in [-0.39, 0.29) is 12.8 Å². The Morgan fingerprint density at radius 1 is 1.25 bits per heavy atom. The number of rotatable bonds is 9. The normalized spacial score (nSPS) is 14.1. The SMILES string of the molecule is CCN(C(=O)OCOC(=O)C(N)CC(=O)O)C(C)Cc1ccc2c(c1)OCO2. The molecule has 10 heteroatoms. The maximum absolute atomic E-state index is 12.3. The third-order valence-electron chi connectivity index (χ3n) is 4.16. The summed E-state index contributed by atoms with van der Waals surface area (Å²) in [6.45, 7) is 3.60. The van der Waals surface area contributed by atoms with Gasteiger partial charge in [-0.15, -0.1) is 0 Å². The van der Waals surface area contributed by atoms with Gasteiger partial charge >= 0.3 is 18.0 Å². The Kier molecular flexibility index (Phi) is 7.44. The molecule has 2 rings (SSSR count). The van der Waals surface area contributed by atoms with Crippen LogP contribution in [-0.4, -0.2) is 60.3 Å². The van der Waals surface area contributed by atoms with E-state index in [1.54, 1.807) is 6.92 Å². The van der Waals surface area contributed by atoms with Gasteiger partial charge in [-0.25, -0.2) is 4.79 Å². The van der Waals surface area contributed by atoms with Gasteiger partial charge in [0.1, 0.15) is 6.04 Å². The number of ether oxygens (including phenoxy) is 4. The van der Waals surface area contributed by atoms with Gasteiger partial charge in [0.15, 0.2) is 11.5 Å². The van der Waals surface area contributed by atoms with Crippen molar-refractivity contribution in [3.63, 3.8) is 0 Å². The van der Waals surface area contributed by atoms with Crippen LogP contribution in [-0.2, 0) is 25.5 Å². The van der Waals surface area contributed by atoms with E-state index in [0.29, 0.717) is 24.5 Å². The molecule has 0 aliphatic carbocycles. The monoisotopic (exact) mass is 396 g/mol. The summed E-state index contributed by atoms with van der Waals surface area (Å²) in [4.78, 5) is 35.8. The predicted octanol–water partition coefficient (Wildman–Crippen LogP) is 1.11. The van der Waals surface area contributed by atoms with Crippen molar-refractivity contribution in [1.29, 1.82) is 0 Å². The molecule has 10 nitrogen and oxygen atoms in total. The molecule has 0 saturated heterocycles. The number of esters is 1. The lowest BCUT2D eigenvalue weighted by Crippen LogP contribution is -2.41. The van der Waals surface area contributed by atoms with E-state index in [4.69, 9.17) is 29.8 Å². The van der Waals surface area contributed by atoms with Gasteiger partial charge in [-0.1, -0.05) is 6.07 Å². The van der Waals surface area contributed by atoms with Gasteiger partial charge in [0, 0.05) is 12.6 Å². The minimum atomic E-state index is -1.32. The number of nitrogens with zero attached hydrogens (tertiary/aromatic N) is 1. The summed E-state index contributed by atoms with van der Waals surface area (Å²) in [5, 5.41) is 8.59. The van der Waals surface area contributed by atoms with Crippen molar-refractivity contribution < 1.29 is 38.4 Å². The van der Waals surface area contributed by atoms with Crippen molar-refractivity contribution >= 4 is 18.0 Å². The Bertz CT molecular complexity index is 724. The number of fused-ring (bicyclic) bond motifs is 1. The predicted molar refractivity (Wildman–Crippen MR) is 95.8 cm³/mol. The van der Waals surface area contributed by atoms with Gasteiger partial charge < -0.3 is 34.7 Å². The number of carboxylic acids is 1. The molecule has 2 unspecified atom stereocenters. The lowest BCUT2D eigenvalue weighted by molar-refractivity contribution is -0.156. The van der Waals surface area contributed by atoms with Crippen molar-refractivity contribution in [2.75, 3.05) is 20.1 Å². The largest absolute Gasteiger partial charge is 0.481 e. The summed E-state index contributed by atoms with van der Waals surface area (Å²) in [6.07, 6.45) is -0.668. The van der Waals surface area contributed by atoms with E-state index >= 15 is 0 Å². The molecule has 1 aromatic carbocycles. The van der Waals surface area contributed by atoms with E-state index in [9.17, 15) is 14.4 Å². The van der Waals surface area contributed by atoms with Crippen LogP contribution in [0.3, 0.4) is 0 Å². The van der Waals surface area contributed by atoms with Crippen LogP contribution < -0.4 is 15.2 Å². The first kappa shape index (κ1) is 21.3. The molecular weight excluding hydrogens is 372 g/mol. The first-order chi connectivity index (χ1) is 13.3. The Morgan fingerprint density at radius 2 is 1.96 bits per heavy atom. The van der Waals surface area contributed by atoms with Crippen LogP contribution in [0.25, 0.3) is 0 Å². The summed E-state index contributed by atoms with van der Waals surface area (Å²) >= 11 is 0. The molecule has 0 saturated carbocycles. The average molecular weight is 396 g/mol. The Morgan fingerprint density at radius 3 is 2.64 bits per heavy atom. The van der Waals surface area contributed by atoms with Crippen LogP contribution in [0.4, 0.5) is 4.79 Å². The smallest absolute Gasteiger partial charge is 0.412 e. The molecule has 3 N–H and O–H groups in total. The van der Waals surface area contributed by atoms with E-state index in [1.165, 1.54) is 4.90 Å². The molecule has 1 aliphatic heterocycles. The van der Waals surface area contributed by atoms with Crippen LogP contribution in [0.5, 0.6) is 11.5 Å². The quantitative estimate of drug-likeness (QED) is 0.464. The fourth-order valence-corrected chi connectivity index (χ4v) is 2.74. The highest BCUT2D eigenvalue weighted by Gasteiger charge is 2.23. The molecular formula is C18H24N2O8. The van der Waals surface area contributed by atoms with Crippen LogP contribution in [0.1, 0.15) is 25.8 Å². The Hall–Kier alpha value is -3.01. The number of carbonyl (C=O) groups excluding carboxylic acids is 2. The zero-order valence-electron chi connectivity index (χ0n) is 15.8. The molecule has 0 fully saturated rings. The summed E-state index contributed by atoms with van der Waals surface area (Å²) in [7, 11) is 0. The number of hydrogen-bond donors (Lipinski definition) is 2. The van der Waals surface area contributed by atoms with Crippen molar-refractivity contribution in [3.8, 4) is 11.5 Å². The van der Waals surface area contributed by atoms with E-state index in [0.717, 1.165) is 5.56 Å². The van der Waals surface area contributed by atoms with Gasteiger partial charge in [-0.3, -0.25) is 9.59 Å². The second kappa shape index (κ2) is 9.79. The van der Waals surface area contributed by atoms with Crippen LogP contribution in [0, 0.1) is 0 Å². The third-order valence-corrected chi connectivity index (χ3v) is 4.16. The van der Waals surface area contributed by atoms with Gasteiger partial charge in [0.25, 0.3) is 0 Å². The molecule has 0 aromatic heterocycles. The van der Waals surface area contributed by atoms with Gasteiger partial charge in [0.05, 0.1) is 6.42 Å². The zero-order valence-corrected chi connectivity index (χ0v) is 15.8. The summed E-state index contributed by atoms with van der Waals surface area (Å²) in [6, 6.07) is 4.07. The van der Waals surface area contributed by atoms with E-state index < -0.39 is 37.3 Å². The second-order valence-electron chi connectivity index (χ2n) is 6.22. The maximum Gasteiger partial charge on any atom is 0.412 e. The molecule has 1 heterocycles. The Balaban J connectivity index is 1.83. The maximum atomic E-state index is 12.3. The second-order valence-corrected chi connectivity index (χ2v) is 6.22. The number of carboxylic acid groups (broad SMARTS) is 1. The third kappa shape index (κ3) is 5.74. The number of benzene rings is 1. The van der Waals surface area contributed by atoms with Crippen LogP contribution >= 0.6 is 0 Å². The minimum absolute atomic E-state index is 0.191. The first-order valence-corrected chi connectivity index (χ1v) is 8.77. The number of amides is 1. The fraction of sp³-hybridized carbons (Fsp3) is 0.500. The summed E-state index contributed by atoms with van der Waals surface area (Å²) < 4.78 is 20.3. The molecule has 1 aliphatic rings. The molecule has 1 aromatic rings. The van der Waals surface area contributed by atoms with Crippen molar-refractivity contribution in [3.05, 3.63) is 23.8 Å². The van der Waals surface area contributed by atoms with Crippen LogP contribution in [0.2, 0.25) is 0 Å². The van der Waals surface area contributed by atoms with Crippen molar-refractivity contribution in [2.45, 2.75) is 38.8 Å². The zero-order chi connectivity index (χ0) is 20.7. The van der Waals surface area contributed by atoms with Crippen molar-refractivity contribution in [1.82, 2.24) is 4.90 Å². The topological polar surface area (TPSA) is 138 Å². The molecule has 1 amide bonds. The van der Waals surface area contributed by atoms with Crippen molar-refractivity contribution in [2.24, 2.45) is 5.73 Å². The number of carbonyl (C=O) groups is 3. The lowest BCUT2D eigenvalue weighted by atomic mass is 10.1. The van der Waals surface area contributed by atoms with Crippen LogP contribution in [0.15, 0.2) is 18.2 Å². The van der Waals surface area contributed by atoms with Gasteiger partial charge in [0.2, 0.25) is 13.6 Å². The van der Waals surface area contributed by atoms with Gasteiger partial charge in [-0.05, 0) is 38.0 Å². The van der Waals surface area contributed by atoms with Gasteiger partial charge in [-0.2, -0.15) is 0 Å². The number of aliphatic carboxylic acids is 1. The molecule has 28 heavy (non-hydrogen) atoms. The highest BCUT2D eigenvalue weighted by atomic mass is 16.7. The molecule has 0 radical (unpaired) electrons. The fourth-order valence-electron chi connectivity index (χ4n) is 2.74. The highest BCUT2D eigenvalue weighted by molar-refractivity contribution is 5.81.